The van der Waals surface area contributed by atoms with Gasteiger partial charge in [-0.05, 0) is 67.3 Å². The van der Waals surface area contributed by atoms with Crippen LogP contribution in [-0.2, 0) is 0 Å². The Hall–Kier alpha value is 0.1000. The Kier molecular flexibility index (Phi) is 7.01. The first kappa shape index (κ1) is 17.2. The van der Waals surface area contributed by atoms with Crippen molar-refractivity contribution in [3.05, 3.63) is 20.8 Å². The Labute approximate surface area is 130 Å². The third kappa shape index (κ3) is 3.60. The van der Waals surface area contributed by atoms with E-state index in [4.69, 9.17) is 0 Å². The lowest BCUT2D eigenvalue weighted by Crippen LogP contribution is -2.53. The number of halogens is 1. The topological polar surface area (TPSA) is 15.3 Å². The van der Waals surface area contributed by atoms with Crippen molar-refractivity contribution in [3.8, 4) is 0 Å². The van der Waals surface area contributed by atoms with E-state index < -0.39 is 0 Å². The van der Waals surface area contributed by atoms with Crippen LogP contribution in [0.3, 0.4) is 0 Å². The molecule has 0 radical (unpaired) electrons. The van der Waals surface area contributed by atoms with Crippen LogP contribution >= 0.6 is 27.3 Å². The van der Waals surface area contributed by atoms with Gasteiger partial charge in [-0.1, -0.05) is 20.8 Å². The molecule has 0 bridgehead atoms. The van der Waals surface area contributed by atoms with Gasteiger partial charge in [-0.2, -0.15) is 0 Å². The maximum atomic E-state index is 3.78. The number of nitrogens with one attached hydrogen (secondary N) is 1. The van der Waals surface area contributed by atoms with E-state index in [0.29, 0.717) is 6.04 Å². The van der Waals surface area contributed by atoms with E-state index in [2.05, 4.69) is 72.5 Å². The molecule has 110 valence electrons. The molecule has 0 amide bonds. The molecular formula is C15H27BrN2S. The van der Waals surface area contributed by atoms with Gasteiger partial charge in [0.15, 0.2) is 0 Å². The summed E-state index contributed by atoms with van der Waals surface area (Å²) >= 11 is 5.56. The lowest BCUT2D eigenvalue weighted by molar-refractivity contribution is 0.0894. The summed E-state index contributed by atoms with van der Waals surface area (Å²) in [6.07, 6.45) is 3.45. The monoisotopic (exact) mass is 346 g/mol. The Morgan fingerprint density at radius 3 is 2.32 bits per heavy atom. The van der Waals surface area contributed by atoms with E-state index >= 15 is 0 Å². The second-order valence-corrected chi connectivity index (χ2v) is 7.03. The molecule has 1 heterocycles. The summed E-state index contributed by atoms with van der Waals surface area (Å²) in [5.74, 6) is 0. The molecule has 1 aromatic heterocycles. The van der Waals surface area contributed by atoms with Crippen LogP contribution < -0.4 is 5.32 Å². The van der Waals surface area contributed by atoms with Crippen LogP contribution in [0.25, 0.3) is 0 Å². The van der Waals surface area contributed by atoms with Crippen molar-refractivity contribution >= 4 is 27.3 Å². The maximum absolute atomic E-state index is 3.78. The van der Waals surface area contributed by atoms with E-state index in [1.165, 1.54) is 9.35 Å². The second-order valence-electron chi connectivity index (χ2n) is 5.23. The number of hydrogen-bond donors (Lipinski definition) is 1. The Balaban J connectivity index is 3.17. The molecule has 1 N–H and O–H groups in total. The molecule has 4 heteroatoms. The van der Waals surface area contributed by atoms with Crippen molar-refractivity contribution in [3.63, 3.8) is 0 Å². The van der Waals surface area contributed by atoms with Gasteiger partial charge in [-0.25, -0.2) is 0 Å². The lowest BCUT2D eigenvalue weighted by atomic mass is 9.82. The van der Waals surface area contributed by atoms with Gasteiger partial charge in [0.05, 0.1) is 6.04 Å². The van der Waals surface area contributed by atoms with Crippen LogP contribution in [0, 0.1) is 0 Å². The average molecular weight is 347 g/mol. The summed E-state index contributed by atoms with van der Waals surface area (Å²) in [6, 6.07) is 2.54. The van der Waals surface area contributed by atoms with Gasteiger partial charge >= 0.3 is 0 Å². The molecule has 1 rings (SSSR count). The fraction of sp³-hybridized carbons (Fsp3) is 0.733. The molecule has 0 aromatic carbocycles. The van der Waals surface area contributed by atoms with Crippen LogP contribution in [0.2, 0.25) is 0 Å². The maximum Gasteiger partial charge on any atom is 0.0612 e. The first-order valence-electron chi connectivity index (χ1n) is 7.17. The van der Waals surface area contributed by atoms with Crippen molar-refractivity contribution < 1.29 is 0 Å². The predicted octanol–water partition coefficient (Wildman–Crippen LogP) is 4.67. The summed E-state index contributed by atoms with van der Waals surface area (Å²) < 4.78 is 1.24. The summed E-state index contributed by atoms with van der Waals surface area (Å²) in [5.41, 5.74) is 0.169. The van der Waals surface area contributed by atoms with E-state index in [0.717, 1.165) is 25.8 Å². The highest BCUT2D eigenvalue weighted by Crippen LogP contribution is 2.41. The normalized spacial score (nSPS) is 14.1. The van der Waals surface area contributed by atoms with Gasteiger partial charge in [0.25, 0.3) is 0 Å². The Bertz CT molecular complexity index is 372. The van der Waals surface area contributed by atoms with Crippen LogP contribution in [0.4, 0.5) is 0 Å². The summed E-state index contributed by atoms with van der Waals surface area (Å²) in [6.45, 7) is 7.88. The van der Waals surface area contributed by atoms with E-state index in [1.807, 2.05) is 11.3 Å². The third-order valence-corrected chi connectivity index (χ3v) is 6.09. The molecule has 0 aliphatic rings. The molecular weight excluding hydrogens is 320 g/mol. The third-order valence-electron chi connectivity index (χ3n) is 4.16. The summed E-state index contributed by atoms with van der Waals surface area (Å²) in [7, 11) is 4.41. The number of hydrogen-bond acceptors (Lipinski definition) is 3. The molecule has 0 fully saturated rings. The van der Waals surface area contributed by atoms with Gasteiger partial charge in [-0.3, -0.25) is 0 Å². The molecule has 1 unspecified atom stereocenters. The minimum Gasteiger partial charge on any atom is -0.308 e. The van der Waals surface area contributed by atoms with Gasteiger partial charge < -0.3 is 10.2 Å². The summed E-state index contributed by atoms with van der Waals surface area (Å²) in [4.78, 5) is 3.82. The van der Waals surface area contributed by atoms with Gasteiger partial charge in [-0.15, -0.1) is 11.3 Å². The van der Waals surface area contributed by atoms with Crippen molar-refractivity contribution in [2.45, 2.75) is 51.6 Å². The Morgan fingerprint density at radius 1 is 1.32 bits per heavy atom. The zero-order valence-corrected chi connectivity index (χ0v) is 15.2. The molecule has 0 spiro atoms. The number of likely N-dealkylation sites (N-methyl/N-ethyl adjacent to an activating group) is 1. The molecule has 2 nitrogen and oxygen atoms in total. The average Bonchev–Trinajstić information content (AvgIpc) is 2.80. The van der Waals surface area contributed by atoms with Crippen LogP contribution in [0.15, 0.2) is 15.9 Å². The molecule has 1 atom stereocenters. The van der Waals surface area contributed by atoms with Crippen LogP contribution in [-0.4, -0.2) is 31.1 Å². The fourth-order valence-electron chi connectivity index (χ4n) is 2.88. The molecule has 0 saturated carbocycles. The first-order chi connectivity index (χ1) is 9.03. The molecule has 0 saturated heterocycles. The fourth-order valence-corrected chi connectivity index (χ4v) is 4.66. The quantitative estimate of drug-likeness (QED) is 0.735. The smallest absolute Gasteiger partial charge is 0.0612 e. The number of thiophene rings is 1. The van der Waals surface area contributed by atoms with Crippen LogP contribution in [0.1, 0.15) is 51.0 Å². The zero-order chi connectivity index (χ0) is 14.5. The van der Waals surface area contributed by atoms with Crippen molar-refractivity contribution in [2.24, 2.45) is 0 Å². The molecule has 0 aliphatic carbocycles. The van der Waals surface area contributed by atoms with Gasteiger partial charge in [0, 0.05) is 14.9 Å². The van der Waals surface area contributed by atoms with Gasteiger partial charge in [0.1, 0.15) is 0 Å². The minimum absolute atomic E-state index is 0.169. The molecule has 1 aromatic rings. The first-order valence-corrected chi connectivity index (χ1v) is 8.84. The highest BCUT2D eigenvalue weighted by atomic mass is 79.9. The highest BCUT2D eigenvalue weighted by Gasteiger charge is 2.39. The van der Waals surface area contributed by atoms with E-state index in [-0.39, 0.29) is 5.54 Å². The number of nitrogens with zero attached hydrogens (tertiary/aromatic N) is 1. The van der Waals surface area contributed by atoms with E-state index in [9.17, 15) is 0 Å². The largest absolute Gasteiger partial charge is 0.308 e. The van der Waals surface area contributed by atoms with Gasteiger partial charge in [0.2, 0.25) is 0 Å². The standard InChI is InChI=1S/C15H27BrN2S/c1-6-10-17-14(13-12(16)9-11-19-13)15(7-2,8-3)18(4)5/h9,11,14,17H,6-8,10H2,1-5H3. The van der Waals surface area contributed by atoms with Crippen molar-refractivity contribution in [2.75, 3.05) is 20.6 Å². The van der Waals surface area contributed by atoms with Crippen molar-refractivity contribution in [1.82, 2.24) is 10.2 Å². The highest BCUT2D eigenvalue weighted by molar-refractivity contribution is 9.10. The second kappa shape index (κ2) is 7.77. The van der Waals surface area contributed by atoms with Crippen molar-refractivity contribution in [1.29, 1.82) is 0 Å². The van der Waals surface area contributed by atoms with E-state index in [1.54, 1.807) is 0 Å². The minimum atomic E-state index is 0.169. The predicted molar refractivity (Wildman–Crippen MR) is 90.1 cm³/mol. The molecule has 0 aliphatic heterocycles. The SMILES string of the molecule is CCCNC(c1sccc1Br)C(CC)(CC)N(C)C. The summed E-state index contributed by atoms with van der Waals surface area (Å²) in [5, 5.41) is 5.95. The zero-order valence-electron chi connectivity index (χ0n) is 12.8. The lowest BCUT2D eigenvalue weighted by Gasteiger charge is -2.45. The van der Waals surface area contributed by atoms with Crippen LogP contribution in [0.5, 0.6) is 0 Å². The Morgan fingerprint density at radius 2 is 1.95 bits per heavy atom. The number of rotatable bonds is 8. The molecule has 19 heavy (non-hydrogen) atoms.